The predicted octanol–water partition coefficient (Wildman–Crippen LogP) is 6.08. The molecule has 2 N–H and O–H groups in total. The first-order valence-electron chi connectivity index (χ1n) is 12.0. The Morgan fingerprint density at radius 3 is 2.46 bits per heavy atom. The normalized spacial score (nSPS) is 19.4. The maximum Gasteiger partial charge on any atom is 0.307 e. The number of aromatic nitrogens is 1. The van der Waals surface area contributed by atoms with Gasteiger partial charge in [0.2, 0.25) is 5.91 Å². The number of hydrogen-bond acceptors (Lipinski definition) is 4. The fourth-order valence-electron chi connectivity index (χ4n) is 5.54. The van der Waals surface area contributed by atoms with Crippen molar-refractivity contribution in [3.63, 3.8) is 0 Å². The Morgan fingerprint density at radius 2 is 1.76 bits per heavy atom. The van der Waals surface area contributed by atoms with Gasteiger partial charge in [-0.2, -0.15) is 0 Å². The average molecular weight is 511 g/mol. The zero-order valence-electron chi connectivity index (χ0n) is 20.0. The molecule has 2 heterocycles. The fraction of sp³-hybridized carbons (Fsp3) is 0.167. The zero-order valence-corrected chi connectivity index (χ0v) is 20.8. The van der Waals surface area contributed by atoms with Gasteiger partial charge in [-0.25, -0.2) is 0 Å². The highest BCUT2D eigenvalue weighted by Gasteiger charge is 2.65. The number of carbonyl (C=O) groups is 2. The van der Waals surface area contributed by atoms with Gasteiger partial charge in [0.15, 0.2) is 0 Å². The van der Waals surface area contributed by atoms with Crippen molar-refractivity contribution < 1.29 is 19.4 Å². The number of pyridine rings is 1. The largest absolute Gasteiger partial charge is 0.496 e. The average Bonchev–Trinajstić information content (AvgIpc) is 3.60. The van der Waals surface area contributed by atoms with Crippen LogP contribution in [-0.4, -0.2) is 29.1 Å². The number of benzene rings is 3. The van der Waals surface area contributed by atoms with E-state index in [4.69, 9.17) is 16.3 Å². The molecule has 2 aliphatic rings. The Balaban J connectivity index is 1.36. The molecule has 7 heteroatoms. The van der Waals surface area contributed by atoms with E-state index in [9.17, 15) is 14.7 Å². The number of aliphatic carboxylic acids is 1. The van der Waals surface area contributed by atoms with E-state index in [1.807, 2.05) is 48.5 Å². The summed E-state index contributed by atoms with van der Waals surface area (Å²) in [5, 5.41) is 12.9. The molecular formula is C30H23ClN2O4. The van der Waals surface area contributed by atoms with Crippen molar-refractivity contribution in [1.29, 1.82) is 0 Å². The standard InChI is InChI=1S/C30H23ClN2O4/c1-37-27-7-6-20(12-21(27)13-28(34)35)24-16-30(24)23-14-22(25(31)15-26(23)33-29(30)36)19-4-2-17(3-5-19)18-8-10-32-11-9-18/h2-12,14-15,24H,13,16H2,1H3,(H,33,36)(H,34,35). The third-order valence-electron chi connectivity index (χ3n) is 7.46. The smallest absolute Gasteiger partial charge is 0.307 e. The van der Waals surface area contributed by atoms with Crippen molar-refractivity contribution in [2.45, 2.75) is 24.2 Å². The van der Waals surface area contributed by atoms with Crippen molar-refractivity contribution in [3.8, 4) is 28.0 Å². The number of amides is 1. The Kier molecular flexibility index (Phi) is 5.50. The number of nitrogens with one attached hydrogen (secondary N) is 1. The quantitative estimate of drug-likeness (QED) is 0.328. The summed E-state index contributed by atoms with van der Waals surface area (Å²) >= 11 is 6.69. The van der Waals surface area contributed by atoms with Crippen LogP contribution in [0, 0.1) is 0 Å². The van der Waals surface area contributed by atoms with Gasteiger partial charge in [0, 0.05) is 35.1 Å². The van der Waals surface area contributed by atoms with Gasteiger partial charge in [-0.05, 0) is 64.6 Å². The second-order valence-corrected chi connectivity index (χ2v) is 9.92. The van der Waals surface area contributed by atoms with Gasteiger partial charge >= 0.3 is 5.97 Å². The highest BCUT2D eigenvalue weighted by molar-refractivity contribution is 6.34. The van der Waals surface area contributed by atoms with Crippen molar-refractivity contribution in [2.24, 2.45) is 0 Å². The van der Waals surface area contributed by atoms with E-state index < -0.39 is 11.4 Å². The number of carbonyl (C=O) groups excluding carboxylic acids is 1. The molecule has 1 aromatic heterocycles. The Hall–Kier alpha value is -4.16. The Bertz CT molecular complexity index is 1550. The van der Waals surface area contributed by atoms with Crippen molar-refractivity contribution in [3.05, 3.63) is 101 Å². The molecule has 1 fully saturated rings. The minimum Gasteiger partial charge on any atom is -0.496 e. The lowest BCUT2D eigenvalue weighted by molar-refractivity contribution is -0.136. The number of carboxylic acids is 1. The van der Waals surface area contributed by atoms with Crippen LogP contribution in [0.5, 0.6) is 5.75 Å². The van der Waals surface area contributed by atoms with Crippen LogP contribution in [0.1, 0.15) is 29.0 Å². The second-order valence-electron chi connectivity index (χ2n) is 9.51. The zero-order chi connectivity index (χ0) is 25.7. The van der Waals surface area contributed by atoms with Crippen LogP contribution in [0.3, 0.4) is 0 Å². The summed E-state index contributed by atoms with van der Waals surface area (Å²) in [6.45, 7) is 0. The summed E-state index contributed by atoms with van der Waals surface area (Å²) in [7, 11) is 1.52. The molecule has 1 saturated carbocycles. The number of anilines is 1. The SMILES string of the molecule is COc1ccc(C2CC23C(=O)Nc2cc(Cl)c(-c4ccc(-c5ccncc5)cc4)cc23)cc1CC(=O)O. The molecule has 4 aromatic rings. The fourth-order valence-corrected chi connectivity index (χ4v) is 5.81. The van der Waals surface area contributed by atoms with Crippen LogP contribution in [0.15, 0.2) is 79.1 Å². The summed E-state index contributed by atoms with van der Waals surface area (Å²) in [5.74, 6) is -0.514. The molecule has 2 unspecified atom stereocenters. The molecule has 3 aromatic carbocycles. The number of halogens is 1. The first-order chi connectivity index (χ1) is 17.9. The van der Waals surface area contributed by atoms with Gasteiger partial charge in [0.05, 0.1) is 24.0 Å². The first-order valence-corrected chi connectivity index (χ1v) is 12.3. The number of ether oxygens (including phenoxy) is 1. The van der Waals surface area contributed by atoms with Crippen molar-refractivity contribution >= 4 is 29.2 Å². The van der Waals surface area contributed by atoms with Crippen LogP contribution >= 0.6 is 11.6 Å². The Labute approximate surface area is 218 Å². The predicted molar refractivity (Wildman–Crippen MR) is 142 cm³/mol. The monoisotopic (exact) mass is 510 g/mol. The summed E-state index contributed by atoms with van der Waals surface area (Å²) in [5.41, 5.74) is 6.48. The highest BCUT2D eigenvalue weighted by atomic mass is 35.5. The number of rotatable bonds is 6. The van der Waals surface area contributed by atoms with E-state index in [-0.39, 0.29) is 18.2 Å². The summed E-state index contributed by atoms with van der Waals surface area (Å²) in [6, 6.07) is 21.5. The van der Waals surface area contributed by atoms with Gasteiger partial charge in [-0.15, -0.1) is 0 Å². The van der Waals surface area contributed by atoms with Crippen LogP contribution in [0.2, 0.25) is 5.02 Å². The minimum absolute atomic E-state index is 0.0515. The number of carboxylic acid groups (broad SMARTS) is 1. The molecule has 0 saturated heterocycles. The molecule has 6 nitrogen and oxygen atoms in total. The van der Waals surface area contributed by atoms with E-state index in [2.05, 4.69) is 22.4 Å². The van der Waals surface area contributed by atoms with E-state index >= 15 is 0 Å². The van der Waals surface area contributed by atoms with Crippen molar-refractivity contribution in [1.82, 2.24) is 4.98 Å². The van der Waals surface area contributed by atoms with Gasteiger partial charge in [-0.3, -0.25) is 14.6 Å². The van der Waals surface area contributed by atoms with Crippen LogP contribution < -0.4 is 10.1 Å². The number of methoxy groups -OCH3 is 1. The van der Waals surface area contributed by atoms with Crippen LogP contribution in [-0.2, 0) is 21.4 Å². The molecular weight excluding hydrogens is 488 g/mol. The molecule has 1 spiro atoms. The van der Waals surface area contributed by atoms with Crippen LogP contribution in [0.25, 0.3) is 22.3 Å². The van der Waals surface area contributed by atoms with E-state index in [0.717, 1.165) is 39.1 Å². The topological polar surface area (TPSA) is 88.5 Å². The molecule has 0 radical (unpaired) electrons. The van der Waals surface area contributed by atoms with Gasteiger partial charge in [0.1, 0.15) is 5.75 Å². The molecule has 184 valence electrons. The first kappa shape index (κ1) is 23.3. The second kappa shape index (κ2) is 8.75. The van der Waals surface area contributed by atoms with Gasteiger partial charge < -0.3 is 15.2 Å². The number of hydrogen-bond donors (Lipinski definition) is 2. The highest BCUT2D eigenvalue weighted by Crippen LogP contribution is 2.65. The summed E-state index contributed by atoms with van der Waals surface area (Å²) in [4.78, 5) is 28.7. The molecule has 6 rings (SSSR count). The minimum atomic E-state index is -0.931. The molecule has 1 aliphatic heterocycles. The lowest BCUT2D eigenvalue weighted by Crippen LogP contribution is -2.21. The summed E-state index contributed by atoms with van der Waals surface area (Å²) in [6.07, 6.45) is 4.04. The molecule has 1 aliphatic carbocycles. The van der Waals surface area contributed by atoms with E-state index in [1.54, 1.807) is 18.5 Å². The maximum absolute atomic E-state index is 13.3. The third kappa shape index (κ3) is 3.85. The lowest BCUT2D eigenvalue weighted by Gasteiger charge is -2.14. The molecule has 2 atom stereocenters. The van der Waals surface area contributed by atoms with Gasteiger partial charge in [0.25, 0.3) is 0 Å². The maximum atomic E-state index is 13.3. The third-order valence-corrected chi connectivity index (χ3v) is 7.77. The van der Waals surface area contributed by atoms with E-state index in [1.165, 1.54) is 7.11 Å². The van der Waals surface area contributed by atoms with E-state index in [0.29, 0.717) is 22.8 Å². The van der Waals surface area contributed by atoms with Crippen molar-refractivity contribution in [2.75, 3.05) is 12.4 Å². The molecule has 1 amide bonds. The van der Waals surface area contributed by atoms with Crippen LogP contribution in [0.4, 0.5) is 5.69 Å². The van der Waals surface area contributed by atoms with Gasteiger partial charge in [-0.1, -0.05) is 48.0 Å². The lowest BCUT2D eigenvalue weighted by atomic mass is 9.89. The number of fused-ring (bicyclic) bond motifs is 2. The molecule has 0 bridgehead atoms. The Morgan fingerprint density at radius 1 is 1.05 bits per heavy atom. The number of nitrogens with zero attached hydrogens (tertiary/aromatic N) is 1. The summed E-state index contributed by atoms with van der Waals surface area (Å²) < 4.78 is 5.35. The molecule has 37 heavy (non-hydrogen) atoms.